The monoisotopic (exact) mass is 370 g/mol. The van der Waals surface area contributed by atoms with Gasteiger partial charge in [-0.05, 0) is 18.2 Å². The topological polar surface area (TPSA) is 79.2 Å². The van der Waals surface area contributed by atoms with Crippen molar-refractivity contribution < 1.29 is 14.3 Å². The van der Waals surface area contributed by atoms with Gasteiger partial charge in [-0.1, -0.05) is 41.9 Å². The third-order valence-corrected chi connectivity index (χ3v) is 5.03. The van der Waals surface area contributed by atoms with Crippen molar-refractivity contribution in [3.05, 3.63) is 64.0 Å². The molecule has 2 aromatic carbocycles. The number of fused-ring (bicyclic) bond motifs is 1. The van der Waals surface area contributed by atoms with Crippen LogP contribution in [-0.2, 0) is 9.53 Å². The molecule has 5 nitrogen and oxygen atoms in total. The van der Waals surface area contributed by atoms with E-state index in [1.807, 2.05) is 30.3 Å². The first kappa shape index (κ1) is 17.0. The van der Waals surface area contributed by atoms with Crippen molar-refractivity contribution in [3.8, 4) is 6.07 Å². The average Bonchev–Trinajstić information content (AvgIpc) is 2.97. The summed E-state index contributed by atoms with van der Waals surface area (Å²) in [4.78, 5) is 24.4. The molecule has 3 aromatic rings. The first-order valence-corrected chi connectivity index (χ1v) is 8.42. The summed E-state index contributed by atoms with van der Waals surface area (Å²) in [6.07, 6.45) is 0. The molecule has 0 spiro atoms. The molecule has 124 valence electrons. The number of rotatable bonds is 4. The van der Waals surface area contributed by atoms with Gasteiger partial charge in [0.2, 0.25) is 0 Å². The zero-order chi connectivity index (χ0) is 17.8. The van der Waals surface area contributed by atoms with Crippen LogP contribution in [0.2, 0.25) is 5.02 Å². The van der Waals surface area contributed by atoms with E-state index in [1.165, 1.54) is 11.3 Å². The zero-order valence-electron chi connectivity index (χ0n) is 12.8. The maximum atomic E-state index is 12.2. The lowest BCUT2D eigenvalue weighted by molar-refractivity contribution is -0.119. The number of carbonyl (C=O) groups is 2. The van der Waals surface area contributed by atoms with Gasteiger partial charge in [0.25, 0.3) is 5.91 Å². The van der Waals surface area contributed by atoms with E-state index in [9.17, 15) is 9.59 Å². The van der Waals surface area contributed by atoms with Crippen LogP contribution in [0.5, 0.6) is 0 Å². The van der Waals surface area contributed by atoms with Crippen molar-refractivity contribution in [1.29, 1.82) is 5.26 Å². The van der Waals surface area contributed by atoms with Crippen molar-refractivity contribution in [3.63, 3.8) is 0 Å². The molecular weight excluding hydrogens is 360 g/mol. The van der Waals surface area contributed by atoms with E-state index in [0.717, 1.165) is 10.1 Å². The Bertz CT molecular complexity index is 1010. The van der Waals surface area contributed by atoms with Crippen molar-refractivity contribution in [2.75, 3.05) is 11.9 Å². The molecule has 1 amide bonds. The van der Waals surface area contributed by atoms with Crippen molar-refractivity contribution in [1.82, 2.24) is 0 Å². The fourth-order valence-electron chi connectivity index (χ4n) is 2.22. The highest BCUT2D eigenvalue weighted by atomic mass is 35.5. The molecule has 25 heavy (non-hydrogen) atoms. The molecule has 7 heteroatoms. The van der Waals surface area contributed by atoms with Gasteiger partial charge in [0.15, 0.2) is 6.61 Å². The van der Waals surface area contributed by atoms with Gasteiger partial charge in [-0.25, -0.2) is 4.79 Å². The first-order chi connectivity index (χ1) is 12.1. The quantitative estimate of drug-likeness (QED) is 0.697. The summed E-state index contributed by atoms with van der Waals surface area (Å²) in [6, 6.07) is 15.9. The molecule has 1 N–H and O–H groups in total. The Hall–Kier alpha value is -2.88. The summed E-state index contributed by atoms with van der Waals surface area (Å²) in [5.41, 5.74) is 0.695. The number of hydrogen-bond acceptors (Lipinski definition) is 5. The molecule has 0 saturated heterocycles. The number of nitrogens with zero attached hydrogens (tertiary/aromatic N) is 1. The van der Waals surface area contributed by atoms with Crippen LogP contribution in [0, 0.1) is 11.3 Å². The molecule has 0 aliphatic rings. The molecule has 0 radical (unpaired) electrons. The van der Waals surface area contributed by atoms with E-state index in [0.29, 0.717) is 16.3 Å². The third kappa shape index (κ3) is 3.63. The van der Waals surface area contributed by atoms with Crippen LogP contribution in [0.15, 0.2) is 48.5 Å². The highest BCUT2D eigenvalue weighted by Crippen LogP contribution is 2.35. The minimum Gasteiger partial charge on any atom is -0.451 e. The van der Waals surface area contributed by atoms with Gasteiger partial charge in [-0.3, -0.25) is 4.79 Å². The lowest BCUT2D eigenvalue weighted by Gasteiger charge is -2.07. The van der Waals surface area contributed by atoms with Crippen LogP contribution in [0.1, 0.15) is 15.2 Å². The van der Waals surface area contributed by atoms with Crippen LogP contribution >= 0.6 is 22.9 Å². The standard InChI is InChI=1S/C18H11ClN2O3S/c19-16-12-6-2-4-8-14(12)25-17(16)18(23)24-10-15(22)21-13-7-3-1-5-11(13)9-20/h1-8H,10H2,(H,21,22). The van der Waals surface area contributed by atoms with Gasteiger partial charge in [-0.2, -0.15) is 5.26 Å². The Morgan fingerprint density at radius 2 is 1.88 bits per heavy atom. The summed E-state index contributed by atoms with van der Waals surface area (Å²) >= 11 is 7.42. The molecule has 0 aliphatic carbocycles. The number of esters is 1. The second-order valence-electron chi connectivity index (χ2n) is 5.02. The Labute approximate surface area is 152 Å². The minimum atomic E-state index is -0.657. The highest BCUT2D eigenvalue weighted by molar-refractivity contribution is 7.21. The largest absolute Gasteiger partial charge is 0.451 e. The van der Waals surface area contributed by atoms with E-state index in [1.54, 1.807) is 24.3 Å². The molecule has 1 aromatic heterocycles. The Kier molecular flexibility index (Phi) is 4.98. The van der Waals surface area contributed by atoms with Gasteiger partial charge in [0, 0.05) is 10.1 Å². The van der Waals surface area contributed by atoms with E-state index in [2.05, 4.69) is 5.32 Å². The second-order valence-corrected chi connectivity index (χ2v) is 6.45. The van der Waals surface area contributed by atoms with Crippen LogP contribution in [0.25, 0.3) is 10.1 Å². The predicted octanol–water partition coefficient (Wildman–Crippen LogP) is 4.22. The number of para-hydroxylation sites is 1. The van der Waals surface area contributed by atoms with Crippen LogP contribution in [0.4, 0.5) is 5.69 Å². The van der Waals surface area contributed by atoms with Crippen LogP contribution < -0.4 is 5.32 Å². The summed E-state index contributed by atoms with van der Waals surface area (Å²) in [5, 5.41) is 12.6. The molecule has 0 bridgehead atoms. The van der Waals surface area contributed by atoms with Gasteiger partial charge in [-0.15, -0.1) is 11.3 Å². The van der Waals surface area contributed by atoms with Gasteiger partial charge >= 0.3 is 5.97 Å². The number of hydrogen-bond donors (Lipinski definition) is 1. The highest BCUT2D eigenvalue weighted by Gasteiger charge is 2.19. The average molecular weight is 371 g/mol. The SMILES string of the molecule is N#Cc1ccccc1NC(=O)COC(=O)c1sc2ccccc2c1Cl. The number of nitriles is 1. The molecular formula is C18H11ClN2O3S. The number of amides is 1. The van der Waals surface area contributed by atoms with Crippen molar-refractivity contribution in [2.45, 2.75) is 0 Å². The predicted molar refractivity (Wildman–Crippen MR) is 96.9 cm³/mol. The first-order valence-electron chi connectivity index (χ1n) is 7.23. The maximum absolute atomic E-state index is 12.2. The van der Waals surface area contributed by atoms with Crippen molar-refractivity contribution in [2.24, 2.45) is 0 Å². The number of benzene rings is 2. The number of anilines is 1. The molecule has 0 unspecified atom stereocenters. The maximum Gasteiger partial charge on any atom is 0.350 e. The lowest BCUT2D eigenvalue weighted by atomic mass is 10.2. The van der Waals surface area contributed by atoms with E-state index in [-0.39, 0.29) is 4.88 Å². The molecule has 0 aliphatic heterocycles. The molecule has 3 rings (SSSR count). The molecule has 0 fully saturated rings. The number of halogens is 1. The summed E-state index contributed by atoms with van der Waals surface area (Å²) in [6.45, 7) is -0.469. The minimum absolute atomic E-state index is 0.257. The zero-order valence-corrected chi connectivity index (χ0v) is 14.4. The number of ether oxygens (including phenoxy) is 1. The number of carbonyl (C=O) groups excluding carboxylic acids is 2. The second kappa shape index (κ2) is 7.34. The third-order valence-electron chi connectivity index (χ3n) is 3.38. The normalized spacial score (nSPS) is 10.2. The summed E-state index contributed by atoms with van der Waals surface area (Å²) < 4.78 is 5.91. The Balaban J connectivity index is 1.66. The van der Waals surface area contributed by atoms with E-state index in [4.69, 9.17) is 21.6 Å². The van der Waals surface area contributed by atoms with Gasteiger partial charge in [0.1, 0.15) is 10.9 Å². The van der Waals surface area contributed by atoms with Crippen LogP contribution in [-0.4, -0.2) is 18.5 Å². The van der Waals surface area contributed by atoms with Crippen LogP contribution in [0.3, 0.4) is 0 Å². The fraction of sp³-hybridized carbons (Fsp3) is 0.0556. The smallest absolute Gasteiger partial charge is 0.350 e. The van der Waals surface area contributed by atoms with E-state index >= 15 is 0 Å². The summed E-state index contributed by atoms with van der Waals surface area (Å²) in [7, 11) is 0. The molecule has 1 heterocycles. The molecule has 0 atom stereocenters. The summed E-state index contributed by atoms with van der Waals surface area (Å²) in [5.74, 6) is -1.19. The fourth-order valence-corrected chi connectivity index (χ4v) is 3.62. The van der Waals surface area contributed by atoms with Gasteiger partial charge < -0.3 is 10.1 Å². The Morgan fingerprint density at radius 3 is 2.64 bits per heavy atom. The van der Waals surface area contributed by atoms with Crippen molar-refractivity contribution >= 4 is 50.6 Å². The number of nitrogens with one attached hydrogen (secondary N) is 1. The van der Waals surface area contributed by atoms with Gasteiger partial charge in [0.05, 0.1) is 16.3 Å². The molecule has 0 saturated carbocycles. The lowest BCUT2D eigenvalue weighted by Crippen LogP contribution is -2.21. The Morgan fingerprint density at radius 1 is 1.16 bits per heavy atom. The number of thiophene rings is 1. The van der Waals surface area contributed by atoms with E-state index < -0.39 is 18.5 Å².